The number of nitrogens with zero attached hydrogens (tertiary/aromatic N) is 5. The van der Waals surface area contributed by atoms with Crippen LogP contribution in [0.5, 0.6) is 0 Å². The minimum Gasteiger partial charge on any atom is -0.401 e. The second kappa shape index (κ2) is 50.4. The lowest BCUT2D eigenvalue weighted by molar-refractivity contribution is -0.125. The van der Waals surface area contributed by atoms with Gasteiger partial charge in [-0.2, -0.15) is 0 Å². The molecule has 6 atom stereocenters. The summed E-state index contributed by atoms with van der Waals surface area (Å²) in [6.45, 7) is 13.8. The first-order valence-electron chi connectivity index (χ1n) is 41.3. The van der Waals surface area contributed by atoms with Gasteiger partial charge in [0, 0.05) is 134 Å². The summed E-state index contributed by atoms with van der Waals surface area (Å²) in [5.41, 5.74) is 45.6. The number of carbonyl (C=O) groups is 8. The number of pyridine rings is 2. The van der Waals surface area contributed by atoms with Gasteiger partial charge < -0.3 is 61.0 Å². The van der Waals surface area contributed by atoms with Gasteiger partial charge in [0.2, 0.25) is 17.7 Å². The van der Waals surface area contributed by atoms with Crippen molar-refractivity contribution < 1.29 is 38.4 Å². The minimum absolute atomic E-state index is 0.0420. The van der Waals surface area contributed by atoms with Crippen molar-refractivity contribution in [1.29, 1.82) is 0 Å². The molecule has 2 aliphatic rings. The summed E-state index contributed by atoms with van der Waals surface area (Å²) in [7, 11) is 3.20. The van der Waals surface area contributed by atoms with E-state index in [-0.39, 0.29) is 77.6 Å². The Morgan fingerprint density at radius 1 is 0.545 bits per heavy atom. The number of Topliss-reactive ketones (excluding diaryl/α,β-unsaturated/α-hetero) is 2. The topological polar surface area (TPSA) is 417 Å². The van der Waals surface area contributed by atoms with Gasteiger partial charge in [-0.3, -0.25) is 53.3 Å². The molecule has 1 aliphatic heterocycles. The van der Waals surface area contributed by atoms with Gasteiger partial charge in [-0.15, -0.1) is 22.7 Å². The number of carbonyl (C=O) groups excluding carboxylic acids is 8. The van der Waals surface area contributed by atoms with E-state index in [2.05, 4.69) is 101 Å². The van der Waals surface area contributed by atoms with Crippen LogP contribution in [0, 0.1) is 18.8 Å². The van der Waals surface area contributed by atoms with E-state index in [9.17, 15) is 38.4 Å². The molecule has 0 bridgehead atoms. The Morgan fingerprint density at radius 2 is 1.12 bits per heavy atom. The van der Waals surface area contributed by atoms with Crippen LogP contribution in [-0.2, 0) is 25.6 Å². The van der Waals surface area contributed by atoms with Crippen molar-refractivity contribution in [3.8, 4) is 32.3 Å². The molecule has 123 heavy (non-hydrogen) atoms. The van der Waals surface area contributed by atoms with Crippen molar-refractivity contribution in [3.63, 3.8) is 0 Å². The van der Waals surface area contributed by atoms with Gasteiger partial charge in [0.05, 0.1) is 12.1 Å². The molecule has 0 saturated heterocycles. The van der Waals surface area contributed by atoms with Gasteiger partial charge in [0.25, 0.3) is 17.7 Å². The fourth-order valence-corrected chi connectivity index (χ4v) is 15.3. The van der Waals surface area contributed by atoms with E-state index in [4.69, 9.17) is 34.4 Å². The van der Waals surface area contributed by atoms with E-state index in [0.29, 0.717) is 85.2 Å². The molecule has 7 aromatic carbocycles. The number of nitrogens with two attached hydrogens (primary N) is 6. The van der Waals surface area contributed by atoms with Crippen LogP contribution >= 0.6 is 22.7 Å². The number of thiazole rings is 2. The quantitative estimate of drug-likeness (QED) is 0.0180. The SMILES string of the molecule is C=C(N)[C@@H](NC(=O)c1csc(-c2ccccc2)n1)C1CCCCC1.C=C(N)[C@H](CC1=CCC=N1)NC(=O)c1ccccn1.CCC(=O)C[C@H](N)Cc1cccc2ccccc12.CC[C@H](NC(=O)c1nccc2ccccc12)C(N)=O.CNC(=O)CC(N)c1ccc(-c2ccccc2)cc1.CNC(=O)[C@H](CCCN)CC(=O)c1csc(-c2ccc(C)cc2)n1. The zero-order valence-corrected chi connectivity index (χ0v) is 72.2. The molecule has 24 nitrogen and oxygen atoms in total. The fourth-order valence-electron chi connectivity index (χ4n) is 13.6. The third-order valence-corrected chi connectivity index (χ3v) is 22.3. The second-order valence-electron chi connectivity index (χ2n) is 29.8. The third-order valence-electron chi connectivity index (χ3n) is 20.6. The van der Waals surface area contributed by atoms with Crippen LogP contribution in [-0.4, -0.2) is 118 Å². The maximum atomic E-state index is 12.6. The first-order valence-corrected chi connectivity index (χ1v) is 43.1. The highest BCUT2D eigenvalue weighted by molar-refractivity contribution is 7.13. The Bertz CT molecular complexity index is 5340. The zero-order valence-electron chi connectivity index (χ0n) is 70.6. The number of primary amides is 1. The highest BCUT2D eigenvalue weighted by Crippen LogP contribution is 2.31. The molecular weight excluding hydrogens is 1580 g/mol. The summed E-state index contributed by atoms with van der Waals surface area (Å²) < 4.78 is 0. The summed E-state index contributed by atoms with van der Waals surface area (Å²) in [5.74, 6) is -1.36. The van der Waals surface area contributed by atoms with Crippen molar-refractivity contribution in [2.75, 3.05) is 20.6 Å². The summed E-state index contributed by atoms with van der Waals surface area (Å²) in [4.78, 5) is 116. The first-order chi connectivity index (χ1) is 59.4. The van der Waals surface area contributed by atoms with Crippen LogP contribution in [0.3, 0.4) is 0 Å². The van der Waals surface area contributed by atoms with Gasteiger partial charge in [-0.05, 0) is 115 Å². The Kier molecular flexibility index (Phi) is 39.2. The Balaban J connectivity index is 0.000000184. The number of ketones is 2. The number of aryl methyl sites for hydroxylation is 1. The van der Waals surface area contributed by atoms with Gasteiger partial charge in [0.1, 0.15) is 44.6 Å². The molecule has 1 saturated carbocycles. The molecule has 0 radical (unpaired) electrons. The van der Waals surface area contributed by atoms with Crippen molar-refractivity contribution >= 4 is 97.4 Å². The average Bonchev–Trinajstić information content (AvgIpc) is 1.24. The highest BCUT2D eigenvalue weighted by Gasteiger charge is 2.29. The number of allylic oxidation sites excluding steroid dienone is 1. The number of benzene rings is 7. The molecule has 1 fully saturated rings. The molecule has 4 aromatic heterocycles. The van der Waals surface area contributed by atoms with Crippen molar-refractivity contribution in [3.05, 3.63) is 299 Å². The van der Waals surface area contributed by atoms with E-state index < -0.39 is 11.9 Å². The molecular formula is C97H114N16O8S2. The number of nitrogens with one attached hydrogen (secondary N) is 5. The van der Waals surface area contributed by atoms with E-state index >= 15 is 0 Å². The lowest BCUT2D eigenvalue weighted by atomic mass is 9.83. The first kappa shape index (κ1) is 95.6. The summed E-state index contributed by atoms with van der Waals surface area (Å²) in [6.07, 6.45) is 18.2. The third kappa shape index (κ3) is 30.7. The second-order valence-corrected chi connectivity index (χ2v) is 31.5. The van der Waals surface area contributed by atoms with Crippen LogP contribution in [0.2, 0.25) is 0 Å². The van der Waals surface area contributed by atoms with Crippen molar-refractivity contribution in [2.45, 2.75) is 147 Å². The molecule has 17 N–H and O–H groups in total. The molecule has 13 rings (SSSR count). The maximum absolute atomic E-state index is 12.6. The predicted molar refractivity (Wildman–Crippen MR) is 496 cm³/mol. The van der Waals surface area contributed by atoms with Gasteiger partial charge in [0.15, 0.2) is 5.78 Å². The zero-order chi connectivity index (χ0) is 88.6. The molecule has 26 heteroatoms. The van der Waals surface area contributed by atoms with E-state index in [0.717, 1.165) is 80.8 Å². The fraction of sp³-hybridized carbons (Fsp3) is 0.289. The smallest absolute Gasteiger partial charge is 0.271 e. The van der Waals surface area contributed by atoms with Crippen molar-refractivity contribution in [2.24, 2.45) is 51.2 Å². The number of aliphatic imine (C=N–C) groups is 1. The van der Waals surface area contributed by atoms with Gasteiger partial charge in [-0.1, -0.05) is 240 Å². The molecule has 1 unspecified atom stereocenters. The largest absolute Gasteiger partial charge is 0.401 e. The summed E-state index contributed by atoms with van der Waals surface area (Å²) >= 11 is 2.92. The van der Waals surface area contributed by atoms with Crippen LogP contribution in [0.1, 0.15) is 168 Å². The molecule has 642 valence electrons. The highest BCUT2D eigenvalue weighted by atomic mass is 32.1. The van der Waals surface area contributed by atoms with Crippen LogP contribution in [0.15, 0.2) is 265 Å². The lowest BCUT2D eigenvalue weighted by Crippen LogP contribution is -2.44. The molecule has 11 aromatic rings. The Labute approximate surface area is 728 Å². The number of rotatable bonds is 31. The van der Waals surface area contributed by atoms with Crippen molar-refractivity contribution in [1.82, 2.24) is 46.5 Å². The Morgan fingerprint density at radius 3 is 1.72 bits per heavy atom. The molecule has 5 heterocycles. The van der Waals surface area contributed by atoms with Crippen LogP contribution < -0.4 is 61.0 Å². The number of hydrogen-bond acceptors (Lipinski definition) is 20. The summed E-state index contributed by atoms with van der Waals surface area (Å²) in [6, 6.07) is 63.6. The number of fused-ring (bicyclic) bond motifs is 2. The van der Waals surface area contributed by atoms with Crippen LogP contribution in [0.25, 0.3) is 53.8 Å². The Hall–Kier alpha value is -12.9. The minimum atomic E-state index is -0.673. The number of aromatic nitrogens is 4. The van der Waals surface area contributed by atoms with Gasteiger partial charge >= 0.3 is 0 Å². The summed E-state index contributed by atoms with van der Waals surface area (Å²) in [5, 5.41) is 23.0. The molecule has 6 amide bonds. The number of amides is 6. The molecule has 0 spiro atoms. The van der Waals surface area contributed by atoms with Crippen LogP contribution in [0.4, 0.5) is 0 Å². The number of hydrogen-bond donors (Lipinski definition) is 11. The standard InChI is InChI=1S/C19H23N3OS.C18H23N3O2S.C16H18N2O.C16H19NO.C14H16N4O.C14H15N3O2/c1-13(20)17(14-8-4-2-5-9-14)22-18(23)16-12-24-19(21-16)15-10-6-3-7-11-15;1-12-5-7-13(8-6-12)18-21-15(11-24-18)16(22)10-14(4-3-9-19)17(23)20-2;1-18-16(19)11-15(17)14-9-7-13(8-10-14)12-5-3-2-4-6-12;1-2-15(18)11-14(17)10-13-8-5-7-12-6-3-4-9-16(12)13;1-10(15)13(9-11-5-4-8-16-11)18-14(19)12-6-2-3-7-17-12;1-2-11(13(15)18)17-14(19)12-10-6-4-3-5-9(10)7-8-16-12/h3,6-7,10-12,14,17H,1-2,4-5,8-9,20H2,(H,22,23);5-8,11,14H,3-4,9-10,19H2,1-2H3,(H,20,23);2-10,15H,11,17H2,1H3,(H,18,19);3-9,14H,2,10-11,17H2,1H3;2-3,5-8,13H,1,4,9,15H2,(H,18,19);3-8,11H,2H2,1H3,(H2,15,18)(H,17,19)/t17-;14-;;14-;13-;11-/m11.100/s1. The molecule has 1 aliphatic carbocycles. The van der Waals surface area contributed by atoms with E-state index in [1.165, 1.54) is 69.4 Å². The van der Waals surface area contributed by atoms with E-state index in [1.807, 2.05) is 172 Å². The average molecular weight is 1700 g/mol. The lowest BCUT2D eigenvalue weighted by Gasteiger charge is -2.30. The predicted octanol–water partition coefficient (Wildman–Crippen LogP) is 15.0. The monoisotopic (exact) mass is 1690 g/mol. The van der Waals surface area contributed by atoms with E-state index in [1.54, 1.807) is 62.4 Å². The normalized spacial score (nSPS) is 13.4. The van der Waals surface area contributed by atoms with Gasteiger partial charge in [-0.25, -0.2) is 9.97 Å². The maximum Gasteiger partial charge on any atom is 0.271 e.